The molecule has 3 aromatic carbocycles. The first kappa shape index (κ1) is 23.9. The van der Waals surface area contributed by atoms with Gasteiger partial charge in [0, 0.05) is 11.4 Å². The average Bonchev–Trinajstić information content (AvgIpc) is 2.78. The molecule has 0 unspecified atom stereocenters. The van der Waals surface area contributed by atoms with Gasteiger partial charge in [-0.05, 0) is 60.7 Å². The quantitative estimate of drug-likeness (QED) is 0.494. The van der Waals surface area contributed by atoms with Crippen molar-refractivity contribution < 1.29 is 35.9 Å². The molecular weight excluding hydrogens is 461 g/mol. The molecule has 0 spiro atoms. The van der Waals surface area contributed by atoms with Gasteiger partial charge in [0.15, 0.2) is 6.61 Å². The number of hydrogen-bond donors (Lipinski definition) is 2. The molecule has 7 nitrogen and oxygen atoms in total. The Morgan fingerprint density at radius 2 is 1.61 bits per heavy atom. The lowest BCUT2D eigenvalue weighted by Crippen LogP contribution is -2.20. The van der Waals surface area contributed by atoms with Crippen LogP contribution in [0.3, 0.4) is 0 Å². The lowest BCUT2D eigenvalue weighted by Gasteiger charge is -2.12. The summed E-state index contributed by atoms with van der Waals surface area (Å²) in [4.78, 5) is 12.0. The third-order valence-corrected chi connectivity index (χ3v) is 5.68. The van der Waals surface area contributed by atoms with Gasteiger partial charge in [0.2, 0.25) is 0 Å². The van der Waals surface area contributed by atoms with Crippen molar-refractivity contribution in [2.75, 3.05) is 23.8 Å². The number of sulfonamides is 1. The molecule has 0 radical (unpaired) electrons. The summed E-state index contributed by atoms with van der Waals surface area (Å²) in [6.45, 7) is -0.567. The molecule has 0 aliphatic carbocycles. The predicted molar refractivity (Wildman–Crippen MR) is 116 cm³/mol. The monoisotopic (exact) mass is 480 g/mol. The molecule has 11 heteroatoms. The summed E-state index contributed by atoms with van der Waals surface area (Å²) in [6, 6.07) is 15.9. The fourth-order valence-corrected chi connectivity index (χ4v) is 3.83. The fraction of sp³-hybridized carbons (Fsp3) is 0.136. The van der Waals surface area contributed by atoms with Crippen molar-refractivity contribution in [3.8, 4) is 11.5 Å². The molecule has 2 N–H and O–H groups in total. The number of ether oxygens (including phenoxy) is 2. The van der Waals surface area contributed by atoms with Crippen LogP contribution in [0.25, 0.3) is 0 Å². The first-order chi connectivity index (χ1) is 15.6. The van der Waals surface area contributed by atoms with E-state index >= 15 is 0 Å². The molecule has 0 aliphatic heterocycles. The molecule has 3 rings (SSSR count). The van der Waals surface area contributed by atoms with E-state index in [2.05, 4.69) is 10.0 Å². The number of amides is 1. The highest BCUT2D eigenvalue weighted by molar-refractivity contribution is 7.92. The van der Waals surface area contributed by atoms with Gasteiger partial charge in [-0.25, -0.2) is 8.42 Å². The van der Waals surface area contributed by atoms with Crippen molar-refractivity contribution in [3.63, 3.8) is 0 Å². The molecule has 0 heterocycles. The summed E-state index contributed by atoms with van der Waals surface area (Å²) in [5.41, 5.74) is -0.410. The Morgan fingerprint density at radius 3 is 2.27 bits per heavy atom. The molecule has 0 aliphatic rings. The molecule has 174 valence electrons. The van der Waals surface area contributed by atoms with Gasteiger partial charge >= 0.3 is 6.18 Å². The van der Waals surface area contributed by atoms with Crippen LogP contribution in [0.15, 0.2) is 77.7 Å². The predicted octanol–water partition coefficient (Wildman–Crippen LogP) is 4.53. The molecule has 0 saturated carbocycles. The standard InChI is InChI=1S/C22H19F3N2O5S/c1-31-18-10-8-16(9-11-18)27-33(29,30)20-7-3-5-17(13-20)26-21(28)14-32-19-6-2-4-15(12-19)22(23,24)25/h2-13,27H,14H2,1H3,(H,26,28). The van der Waals surface area contributed by atoms with Crippen LogP contribution in [0, 0.1) is 0 Å². The highest BCUT2D eigenvalue weighted by atomic mass is 32.2. The third-order valence-electron chi connectivity index (χ3n) is 4.30. The minimum Gasteiger partial charge on any atom is -0.497 e. The van der Waals surface area contributed by atoms with Gasteiger partial charge in [-0.1, -0.05) is 12.1 Å². The lowest BCUT2D eigenvalue weighted by atomic mass is 10.2. The molecule has 0 bridgehead atoms. The zero-order valence-corrected chi connectivity index (χ0v) is 18.0. The van der Waals surface area contributed by atoms with Crippen molar-refractivity contribution in [1.29, 1.82) is 0 Å². The number of benzene rings is 3. The number of nitrogens with one attached hydrogen (secondary N) is 2. The van der Waals surface area contributed by atoms with E-state index in [-0.39, 0.29) is 16.3 Å². The Kier molecular flexibility index (Phi) is 7.12. The maximum absolute atomic E-state index is 12.8. The van der Waals surface area contributed by atoms with Crippen LogP contribution in [-0.2, 0) is 21.0 Å². The average molecular weight is 480 g/mol. The van der Waals surface area contributed by atoms with Crippen molar-refractivity contribution in [2.45, 2.75) is 11.1 Å². The number of anilines is 2. The minimum absolute atomic E-state index is 0.102. The Bertz CT molecular complexity index is 1230. The number of carbonyl (C=O) groups is 1. The summed E-state index contributed by atoms with van der Waals surface area (Å²) >= 11 is 0. The smallest absolute Gasteiger partial charge is 0.416 e. The number of carbonyl (C=O) groups excluding carboxylic acids is 1. The van der Waals surface area contributed by atoms with Crippen LogP contribution in [0.1, 0.15) is 5.56 Å². The molecule has 1 amide bonds. The van der Waals surface area contributed by atoms with Gasteiger partial charge in [-0.15, -0.1) is 0 Å². The van der Waals surface area contributed by atoms with Crippen LogP contribution >= 0.6 is 0 Å². The third kappa shape index (κ3) is 6.62. The molecule has 0 fully saturated rings. The molecule has 33 heavy (non-hydrogen) atoms. The van der Waals surface area contributed by atoms with E-state index in [1.54, 1.807) is 12.1 Å². The second-order valence-electron chi connectivity index (χ2n) is 6.72. The summed E-state index contributed by atoms with van der Waals surface area (Å²) in [6.07, 6.45) is -4.53. The molecule has 0 saturated heterocycles. The Morgan fingerprint density at radius 1 is 0.909 bits per heavy atom. The minimum atomic E-state index is -4.53. The highest BCUT2D eigenvalue weighted by Gasteiger charge is 2.30. The van der Waals surface area contributed by atoms with Gasteiger partial charge in [-0.2, -0.15) is 13.2 Å². The SMILES string of the molecule is COc1ccc(NS(=O)(=O)c2cccc(NC(=O)COc3cccc(C(F)(F)F)c3)c2)cc1. The number of hydrogen-bond acceptors (Lipinski definition) is 5. The van der Waals surface area contributed by atoms with E-state index in [0.717, 1.165) is 12.1 Å². The van der Waals surface area contributed by atoms with E-state index in [1.165, 1.54) is 55.6 Å². The van der Waals surface area contributed by atoms with Crippen LogP contribution in [0.4, 0.5) is 24.5 Å². The van der Waals surface area contributed by atoms with E-state index in [1.807, 2.05) is 0 Å². The molecule has 3 aromatic rings. The Balaban J connectivity index is 1.63. The van der Waals surface area contributed by atoms with Crippen LogP contribution in [0.2, 0.25) is 0 Å². The Labute approximate surface area is 188 Å². The van der Waals surface area contributed by atoms with Crippen molar-refractivity contribution >= 4 is 27.3 Å². The second kappa shape index (κ2) is 9.82. The van der Waals surface area contributed by atoms with E-state index in [9.17, 15) is 26.4 Å². The lowest BCUT2D eigenvalue weighted by molar-refractivity contribution is -0.137. The summed E-state index contributed by atoms with van der Waals surface area (Å²) in [5.74, 6) is -0.236. The van der Waals surface area contributed by atoms with Crippen molar-refractivity contribution in [2.24, 2.45) is 0 Å². The van der Waals surface area contributed by atoms with E-state index in [4.69, 9.17) is 9.47 Å². The first-order valence-electron chi connectivity index (χ1n) is 9.44. The second-order valence-corrected chi connectivity index (χ2v) is 8.41. The normalized spacial score (nSPS) is 11.5. The topological polar surface area (TPSA) is 93.7 Å². The maximum Gasteiger partial charge on any atom is 0.416 e. The van der Waals surface area contributed by atoms with Crippen LogP contribution in [0.5, 0.6) is 11.5 Å². The molecule has 0 aromatic heterocycles. The number of methoxy groups -OCH3 is 1. The largest absolute Gasteiger partial charge is 0.497 e. The van der Waals surface area contributed by atoms with Gasteiger partial charge in [0.1, 0.15) is 11.5 Å². The van der Waals surface area contributed by atoms with E-state index < -0.39 is 34.3 Å². The maximum atomic E-state index is 12.8. The van der Waals surface area contributed by atoms with Gasteiger partial charge in [-0.3, -0.25) is 9.52 Å². The molecular formula is C22H19F3N2O5S. The van der Waals surface area contributed by atoms with Gasteiger partial charge < -0.3 is 14.8 Å². The van der Waals surface area contributed by atoms with Gasteiger partial charge in [0.05, 0.1) is 17.6 Å². The van der Waals surface area contributed by atoms with Crippen molar-refractivity contribution in [3.05, 3.63) is 78.4 Å². The number of alkyl halides is 3. The number of rotatable bonds is 8. The summed E-state index contributed by atoms with van der Waals surface area (Å²) in [7, 11) is -2.46. The summed E-state index contributed by atoms with van der Waals surface area (Å²) < 4.78 is 76.2. The number of halogens is 3. The van der Waals surface area contributed by atoms with Crippen LogP contribution in [-0.4, -0.2) is 28.0 Å². The zero-order valence-electron chi connectivity index (χ0n) is 17.2. The van der Waals surface area contributed by atoms with Crippen LogP contribution < -0.4 is 19.5 Å². The molecule has 0 atom stereocenters. The fourth-order valence-electron chi connectivity index (χ4n) is 2.72. The highest BCUT2D eigenvalue weighted by Crippen LogP contribution is 2.31. The first-order valence-corrected chi connectivity index (χ1v) is 10.9. The Hall–Kier alpha value is -3.73. The zero-order chi connectivity index (χ0) is 24.1. The van der Waals surface area contributed by atoms with Crippen molar-refractivity contribution in [1.82, 2.24) is 0 Å². The van der Waals surface area contributed by atoms with E-state index in [0.29, 0.717) is 11.4 Å². The van der Waals surface area contributed by atoms with Gasteiger partial charge in [0.25, 0.3) is 15.9 Å². The summed E-state index contributed by atoms with van der Waals surface area (Å²) in [5, 5.41) is 2.45.